The molecule has 1 N–H and O–H groups in total. The zero-order valence-electron chi connectivity index (χ0n) is 7.93. The minimum atomic E-state index is -1.41. The predicted octanol–water partition coefficient (Wildman–Crippen LogP) is 1.49. The number of hydrogen-bond donors (Lipinski definition) is 1. The molecule has 0 atom stereocenters. The lowest BCUT2D eigenvalue weighted by molar-refractivity contribution is -0.131. The Morgan fingerprint density at radius 2 is 2.12 bits per heavy atom. The van der Waals surface area contributed by atoms with E-state index in [1.807, 2.05) is 0 Å². The Morgan fingerprint density at radius 3 is 2.81 bits per heavy atom. The summed E-state index contributed by atoms with van der Waals surface area (Å²) >= 11 is 0.800. The Bertz CT molecular complexity index is 494. The Hall–Kier alpha value is -1.82. The fourth-order valence-corrected chi connectivity index (χ4v) is 2.17. The Morgan fingerprint density at radius 1 is 1.38 bits per heavy atom. The molecule has 0 aliphatic carbocycles. The van der Waals surface area contributed by atoms with E-state index in [9.17, 15) is 14.4 Å². The molecule has 1 aromatic carbocycles. The summed E-state index contributed by atoms with van der Waals surface area (Å²) in [6.45, 7) is 0. The number of fused-ring (bicyclic) bond motifs is 1. The average Bonchev–Trinajstić information content (AvgIpc) is 2.19. The van der Waals surface area contributed by atoms with Crippen LogP contribution >= 0.6 is 11.8 Å². The van der Waals surface area contributed by atoms with Crippen LogP contribution in [0, 0.1) is 0 Å². The monoisotopic (exact) mass is 238 g/mol. The van der Waals surface area contributed by atoms with Crippen molar-refractivity contribution in [2.75, 3.05) is 0 Å². The molecule has 5 nitrogen and oxygen atoms in total. The fourth-order valence-electron chi connectivity index (χ4n) is 1.34. The first kappa shape index (κ1) is 10.7. The molecule has 0 saturated carbocycles. The van der Waals surface area contributed by atoms with Gasteiger partial charge in [0.25, 0.3) is 5.12 Å². The van der Waals surface area contributed by atoms with Gasteiger partial charge in [-0.25, -0.2) is 4.79 Å². The molecule has 1 aliphatic heterocycles. The van der Waals surface area contributed by atoms with E-state index in [1.54, 1.807) is 6.07 Å². The van der Waals surface area contributed by atoms with Gasteiger partial charge in [0.1, 0.15) is 5.75 Å². The molecule has 0 saturated heterocycles. The van der Waals surface area contributed by atoms with Gasteiger partial charge >= 0.3 is 6.16 Å². The van der Waals surface area contributed by atoms with E-state index in [0.717, 1.165) is 11.8 Å². The number of carbonyl (C=O) groups excluding carboxylic acids is 2. The third kappa shape index (κ3) is 2.06. The molecule has 0 spiro atoms. The smallest absolute Gasteiger partial charge is 0.449 e. The largest absolute Gasteiger partial charge is 0.511 e. The van der Waals surface area contributed by atoms with Gasteiger partial charge in [0.05, 0.1) is 0 Å². The summed E-state index contributed by atoms with van der Waals surface area (Å²) in [5.74, 6) is -0.301. The van der Waals surface area contributed by atoms with Crippen LogP contribution in [0.5, 0.6) is 5.75 Å². The highest BCUT2D eigenvalue weighted by atomic mass is 32.2. The molecular weight excluding hydrogens is 232 g/mol. The third-order valence-electron chi connectivity index (χ3n) is 2.03. The molecule has 1 heterocycles. The zero-order chi connectivity index (χ0) is 11.7. The van der Waals surface area contributed by atoms with Gasteiger partial charge in [0.15, 0.2) is 0 Å². The molecule has 2 rings (SSSR count). The highest BCUT2D eigenvalue weighted by Crippen LogP contribution is 2.32. The van der Waals surface area contributed by atoms with Crippen LogP contribution in [0.2, 0.25) is 0 Å². The Labute approximate surface area is 94.4 Å². The summed E-state index contributed by atoms with van der Waals surface area (Å²) in [5, 5.41) is 7.89. The van der Waals surface area contributed by atoms with Gasteiger partial charge in [0, 0.05) is 11.3 Å². The second-order valence-electron chi connectivity index (χ2n) is 3.13. The van der Waals surface area contributed by atoms with Crippen molar-refractivity contribution in [3.63, 3.8) is 0 Å². The topological polar surface area (TPSA) is 80.7 Å². The van der Waals surface area contributed by atoms with E-state index in [1.165, 1.54) is 12.1 Å². The van der Waals surface area contributed by atoms with Crippen molar-refractivity contribution in [3.05, 3.63) is 23.8 Å². The quantitative estimate of drug-likeness (QED) is 0.453. The van der Waals surface area contributed by atoms with Gasteiger partial charge in [0.2, 0.25) is 5.78 Å². The Balaban J connectivity index is 2.32. The van der Waals surface area contributed by atoms with Crippen molar-refractivity contribution in [1.29, 1.82) is 0 Å². The number of carboxylic acid groups (broad SMARTS) is 1. The normalized spacial score (nSPS) is 14.5. The van der Waals surface area contributed by atoms with Crippen LogP contribution in [0.25, 0.3) is 0 Å². The van der Waals surface area contributed by atoms with Crippen LogP contribution in [0.4, 0.5) is 4.79 Å². The second kappa shape index (κ2) is 3.97. The van der Waals surface area contributed by atoms with Crippen molar-refractivity contribution >= 4 is 28.8 Å². The average molecular weight is 238 g/mol. The number of ether oxygens (including phenoxy) is 1. The molecule has 0 bridgehead atoms. The van der Waals surface area contributed by atoms with Crippen molar-refractivity contribution in [1.82, 2.24) is 0 Å². The van der Waals surface area contributed by atoms with Crippen LogP contribution < -0.4 is 4.74 Å². The van der Waals surface area contributed by atoms with Crippen molar-refractivity contribution < 1.29 is 24.2 Å². The number of Topliss-reactive ketones (excluding diaryl/α,β-unsaturated/α-hetero) is 1. The van der Waals surface area contributed by atoms with Gasteiger partial charge in [-0.1, -0.05) is 6.07 Å². The third-order valence-corrected chi connectivity index (χ3v) is 3.04. The Kier molecular flexibility index (Phi) is 2.66. The number of benzene rings is 1. The summed E-state index contributed by atoms with van der Waals surface area (Å²) in [5.41, 5.74) is 0.715. The molecule has 1 aromatic rings. The lowest BCUT2D eigenvalue weighted by Gasteiger charge is -2.13. The summed E-state index contributed by atoms with van der Waals surface area (Å²) in [7, 11) is 0. The molecule has 0 amide bonds. The minimum Gasteiger partial charge on any atom is -0.449 e. The molecular formula is C10H6O5S. The lowest BCUT2D eigenvalue weighted by atomic mass is 10.1. The maximum absolute atomic E-state index is 11.1. The number of hydrogen-bond acceptors (Lipinski definition) is 5. The summed E-state index contributed by atoms with van der Waals surface area (Å²) in [4.78, 5) is 33.1. The van der Waals surface area contributed by atoms with Crippen LogP contribution in [-0.2, 0) is 16.0 Å². The zero-order valence-corrected chi connectivity index (χ0v) is 8.74. The number of thioether (sulfide) groups is 1. The molecule has 16 heavy (non-hydrogen) atoms. The molecule has 82 valence electrons. The van der Waals surface area contributed by atoms with Crippen molar-refractivity contribution in [3.8, 4) is 5.75 Å². The molecule has 0 fully saturated rings. The van der Waals surface area contributed by atoms with E-state index < -0.39 is 17.1 Å². The van der Waals surface area contributed by atoms with Crippen molar-refractivity contribution in [2.45, 2.75) is 11.3 Å². The first-order valence-electron chi connectivity index (χ1n) is 4.35. The number of carbonyl (C=O) groups is 3. The van der Waals surface area contributed by atoms with Gasteiger partial charge < -0.3 is 9.84 Å². The van der Waals surface area contributed by atoms with Gasteiger partial charge in [-0.2, -0.15) is 0 Å². The van der Waals surface area contributed by atoms with Gasteiger partial charge in [-0.05, 0) is 29.5 Å². The summed E-state index contributed by atoms with van der Waals surface area (Å²) in [6, 6.07) is 4.49. The highest BCUT2D eigenvalue weighted by Gasteiger charge is 2.25. The maximum Gasteiger partial charge on any atom is 0.511 e. The first-order chi connectivity index (χ1) is 7.56. The van der Waals surface area contributed by atoms with Crippen LogP contribution in [-0.4, -0.2) is 22.2 Å². The van der Waals surface area contributed by atoms with E-state index in [0.29, 0.717) is 10.5 Å². The van der Waals surface area contributed by atoms with Crippen LogP contribution in [0.15, 0.2) is 23.1 Å². The minimum absolute atomic E-state index is 0.0640. The van der Waals surface area contributed by atoms with E-state index in [-0.39, 0.29) is 12.2 Å². The van der Waals surface area contributed by atoms with E-state index in [2.05, 4.69) is 4.74 Å². The lowest BCUT2D eigenvalue weighted by Crippen LogP contribution is -2.18. The SMILES string of the molecule is O=C(O)Oc1ccc2c(c1)SC(=O)C(=O)C2. The number of rotatable bonds is 1. The molecule has 1 aliphatic rings. The maximum atomic E-state index is 11.1. The predicted molar refractivity (Wildman–Crippen MR) is 54.7 cm³/mol. The van der Waals surface area contributed by atoms with Crippen molar-refractivity contribution in [2.24, 2.45) is 0 Å². The number of ketones is 1. The van der Waals surface area contributed by atoms with Crippen LogP contribution in [0.1, 0.15) is 5.56 Å². The standard InChI is InChI=1S/C10H6O5S/c11-7-3-5-1-2-6(15-10(13)14)4-8(5)16-9(7)12/h1-2,4H,3H2,(H,13,14). The van der Waals surface area contributed by atoms with E-state index >= 15 is 0 Å². The fraction of sp³-hybridized carbons (Fsp3) is 0.100. The molecule has 0 aromatic heterocycles. The first-order valence-corrected chi connectivity index (χ1v) is 5.16. The van der Waals surface area contributed by atoms with E-state index in [4.69, 9.17) is 5.11 Å². The van der Waals surface area contributed by atoms with Crippen LogP contribution in [0.3, 0.4) is 0 Å². The van der Waals surface area contributed by atoms with Gasteiger partial charge in [-0.3, -0.25) is 9.59 Å². The highest BCUT2D eigenvalue weighted by molar-refractivity contribution is 8.15. The van der Waals surface area contributed by atoms with Gasteiger partial charge in [-0.15, -0.1) is 0 Å². The summed E-state index contributed by atoms with van der Waals surface area (Å²) < 4.78 is 4.45. The molecule has 0 unspecified atom stereocenters. The molecule has 6 heteroatoms. The molecule has 0 radical (unpaired) electrons. The summed E-state index contributed by atoms with van der Waals surface area (Å²) in [6.07, 6.45) is -1.35. The second-order valence-corrected chi connectivity index (χ2v) is 4.14.